The first kappa shape index (κ1) is 14.3. The van der Waals surface area contributed by atoms with Gasteiger partial charge in [-0.1, -0.05) is 18.2 Å². The largest absolute Gasteiger partial charge is 0.328 e. The van der Waals surface area contributed by atoms with Gasteiger partial charge in [0.25, 0.3) is 0 Å². The van der Waals surface area contributed by atoms with Gasteiger partial charge in [-0.25, -0.2) is 4.79 Å². The average molecular weight is 278 g/mol. The van der Waals surface area contributed by atoms with E-state index in [2.05, 4.69) is 35.8 Å². The second-order valence-electron chi connectivity index (χ2n) is 4.88. The number of carbonyl (C=O) groups excluding carboxylic acids is 1. The molecule has 0 aliphatic heterocycles. The van der Waals surface area contributed by atoms with E-state index < -0.39 is 0 Å². The summed E-state index contributed by atoms with van der Waals surface area (Å²) in [4.78, 5) is 15.3. The number of benzene rings is 1. The molecule has 1 saturated carbocycles. The van der Waals surface area contributed by atoms with Crippen molar-refractivity contribution in [2.24, 2.45) is 0 Å². The lowest BCUT2D eigenvalue weighted by Crippen LogP contribution is -2.45. The van der Waals surface area contributed by atoms with E-state index in [0.29, 0.717) is 0 Å². The van der Waals surface area contributed by atoms with Gasteiger partial charge < -0.3 is 10.2 Å². The molecule has 0 saturated heterocycles. The van der Waals surface area contributed by atoms with E-state index in [0.717, 1.165) is 25.9 Å². The van der Waals surface area contributed by atoms with Crippen LogP contribution in [0.15, 0.2) is 29.2 Å². The summed E-state index contributed by atoms with van der Waals surface area (Å²) in [5.74, 6) is 0. The van der Waals surface area contributed by atoms with E-state index in [1.165, 1.54) is 10.5 Å². The summed E-state index contributed by atoms with van der Waals surface area (Å²) in [6, 6.07) is 8.43. The van der Waals surface area contributed by atoms with E-state index in [-0.39, 0.29) is 11.6 Å². The smallest absolute Gasteiger partial charge is 0.318 e. The number of carbonyl (C=O) groups is 1. The molecule has 0 aromatic heterocycles. The fourth-order valence-corrected chi connectivity index (χ4v) is 3.12. The van der Waals surface area contributed by atoms with Crippen molar-refractivity contribution in [3.05, 3.63) is 29.8 Å². The lowest BCUT2D eigenvalue weighted by Gasteiger charge is -2.25. The highest BCUT2D eigenvalue weighted by molar-refractivity contribution is 7.98. The van der Waals surface area contributed by atoms with E-state index >= 15 is 0 Å². The van der Waals surface area contributed by atoms with Crippen molar-refractivity contribution in [2.75, 3.05) is 19.3 Å². The molecule has 1 aliphatic rings. The highest BCUT2D eigenvalue weighted by atomic mass is 32.2. The quantitative estimate of drug-likeness (QED) is 0.837. The van der Waals surface area contributed by atoms with Crippen molar-refractivity contribution in [2.45, 2.75) is 37.1 Å². The predicted molar refractivity (Wildman–Crippen MR) is 80.6 cm³/mol. The third-order valence-corrected chi connectivity index (χ3v) is 4.57. The Labute approximate surface area is 119 Å². The van der Waals surface area contributed by atoms with Crippen LogP contribution in [-0.4, -0.2) is 30.3 Å². The maximum atomic E-state index is 12.2. The van der Waals surface area contributed by atoms with Crippen molar-refractivity contribution in [3.63, 3.8) is 0 Å². The van der Waals surface area contributed by atoms with E-state index in [4.69, 9.17) is 0 Å². The SMILES string of the molecule is CCN(CC)C(=O)NC1(c2ccccc2SC)CC1. The zero-order valence-electron chi connectivity index (χ0n) is 11.9. The highest BCUT2D eigenvalue weighted by Gasteiger charge is 2.47. The molecule has 0 unspecified atom stereocenters. The molecule has 1 aromatic rings. The molecule has 2 rings (SSSR count). The van der Waals surface area contributed by atoms with Gasteiger partial charge in [-0.2, -0.15) is 0 Å². The zero-order chi connectivity index (χ0) is 13.9. The van der Waals surface area contributed by atoms with Crippen LogP contribution in [0, 0.1) is 0 Å². The predicted octanol–water partition coefficient (Wildman–Crippen LogP) is 3.45. The van der Waals surface area contributed by atoms with Crippen LogP contribution in [0.25, 0.3) is 0 Å². The minimum absolute atomic E-state index is 0.0541. The average Bonchev–Trinajstić information content (AvgIpc) is 3.20. The fourth-order valence-electron chi connectivity index (χ4n) is 2.42. The molecule has 2 amide bonds. The number of nitrogens with one attached hydrogen (secondary N) is 1. The van der Waals surface area contributed by atoms with Gasteiger partial charge >= 0.3 is 6.03 Å². The topological polar surface area (TPSA) is 32.3 Å². The van der Waals surface area contributed by atoms with Crippen LogP contribution in [0.5, 0.6) is 0 Å². The Bertz CT molecular complexity index is 453. The Morgan fingerprint density at radius 3 is 2.47 bits per heavy atom. The van der Waals surface area contributed by atoms with E-state index in [1.807, 2.05) is 18.7 Å². The molecule has 1 aliphatic carbocycles. The first-order valence-electron chi connectivity index (χ1n) is 6.87. The minimum atomic E-state index is -0.126. The van der Waals surface area contributed by atoms with Gasteiger partial charge in [-0.15, -0.1) is 11.8 Å². The normalized spacial score (nSPS) is 15.9. The van der Waals surface area contributed by atoms with Gasteiger partial charge in [-0.05, 0) is 44.6 Å². The Balaban J connectivity index is 2.17. The van der Waals surface area contributed by atoms with Gasteiger partial charge in [0.15, 0.2) is 0 Å². The molecule has 0 radical (unpaired) electrons. The maximum Gasteiger partial charge on any atom is 0.318 e. The third-order valence-electron chi connectivity index (χ3n) is 3.77. The summed E-state index contributed by atoms with van der Waals surface area (Å²) >= 11 is 1.74. The monoisotopic (exact) mass is 278 g/mol. The number of amides is 2. The molecule has 104 valence electrons. The van der Waals surface area contributed by atoms with Crippen LogP contribution < -0.4 is 5.32 Å². The summed E-state index contributed by atoms with van der Waals surface area (Å²) in [5, 5.41) is 3.23. The van der Waals surface area contributed by atoms with Gasteiger partial charge in [0.05, 0.1) is 5.54 Å². The van der Waals surface area contributed by atoms with Gasteiger partial charge in [0, 0.05) is 18.0 Å². The molecule has 19 heavy (non-hydrogen) atoms. The second kappa shape index (κ2) is 5.87. The fraction of sp³-hybridized carbons (Fsp3) is 0.533. The molecular weight excluding hydrogens is 256 g/mol. The van der Waals surface area contributed by atoms with E-state index in [9.17, 15) is 4.79 Å². The van der Waals surface area contributed by atoms with Gasteiger partial charge in [-0.3, -0.25) is 0 Å². The molecule has 0 atom stereocenters. The minimum Gasteiger partial charge on any atom is -0.328 e. The van der Waals surface area contributed by atoms with Crippen LogP contribution in [0.4, 0.5) is 4.79 Å². The second-order valence-corrected chi connectivity index (χ2v) is 5.73. The van der Waals surface area contributed by atoms with E-state index in [1.54, 1.807) is 11.8 Å². The first-order chi connectivity index (χ1) is 9.16. The maximum absolute atomic E-state index is 12.2. The number of hydrogen-bond acceptors (Lipinski definition) is 2. The summed E-state index contributed by atoms with van der Waals surface area (Å²) in [6.07, 6.45) is 4.16. The number of rotatable bonds is 5. The van der Waals surface area contributed by atoms with Crippen LogP contribution >= 0.6 is 11.8 Å². The summed E-state index contributed by atoms with van der Waals surface area (Å²) in [6.45, 7) is 5.53. The van der Waals surface area contributed by atoms with Crippen molar-refractivity contribution < 1.29 is 4.79 Å². The first-order valence-corrected chi connectivity index (χ1v) is 8.10. The molecule has 1 fully saturated rings. The Kier molecular flexibility index (Phi) is 4.40. The van der Waals surface area contributed by atoms with Crippen LogP contribution in [0.2, 0.25) is 0 Å². The van der Waals surface area contributed by atoms with Crippen LogP contribution in [-0.2, 0) is 5.54 Å². The molecule has 0 heterocycles. The van der Waals surface area contributed by atoms with Crippen LogP contribution in [0.1, 0.15) is 32.3 Å². The van der Waals surface area contributed by atoms with Gasteiger partial charge in [0.1, 0.15) is 0 Å². The Morgan fingerprint density at radius 1 is 1.32 bits per heavy atom. The van der Waals surface area contributed by atoms with Crippen molar-refractivity contribution >= 4 is 17.8 Å². The summed E-state index contributed by atoms with van der Waals surface area (Å²) < 4.78 is 0. The summed E-state index contributed by atoms with van der Waals surface area (Å²) in [7, 11) is 0. The van der Waals surface area contributed by atoms with Crippen molar-refractivity contribution in [1.29, 1.82) is 0 Å². The number of urea groups is 1. The van der Waals surface area contributed by atoms with Gasteiger partial charge in [0.2, 0.25) is 0 Å². The standard InChI is InChI=1S/C15H22N2OS/c1-4-17(5-2)14(18)16-15(10-11-15)12-8-6-7-9-13(12)19-3/h6-9H,4-5,10-11H2,1-3H3,(H,16,18). The lowest BCUT2D eigenvalue weighted by atomic mass is 10.1. The van der Waals surface area contributed by atoms with Crippen molar-refractivity contribution in [3.8, 4) is 0 Å². The lowest BCUT2D eigenvalue weighted by molar-refractivity contribution is 0.197. The Hall–Kier alpha value is -1.16. The molecule has 1 N–H and O–H groups in total. The zero-order valence-corrected chi connectivity index (χ0v) is 12.7. The molecule has 3 nitrogen and oxygen atoms in total. The number of thioether (sulfide) groups is 1. The molecular formula is C15H22N2OS. The van der Waals surface area contributed by atoms with Crippen LogP contribution in [0.3, 0.4) is 0 Å². The third kappa shape index (κ3) is 2.89. The molecule has 1 aromatic carbocycles. The number of nitrogens with zero attached hydrogens (tertiary/aromatic N) is 1. The summed E-state index contributed by atoms with van der Waals surface area (Å²) in [5.41, 5.74) is 1.14. The molecule has 0 spiro atoms. The molecule has 0 bridgehead atoms. The van der Waals surface area contributed by atoms with Crippen molar-refractivity contribution in [1.82, 2.24) is 10.2 Å². The highest BCUT2D eigenvalue weighted by Crippen LogP contribution is 2.48. The molecule has 4 heteroatoms. The number of hydrogen-bond donors (Lipinski definition) is 1. The Morgan fingerprint density at radius 2 is 1.95 bits per heavy atom.